The van der Waals surface area contributed by atoms with E-state index in [-0.39, 0.29) is 5.82 Å². The maximum absolute atomic E-state index is 12.8. The van der Waals surface area contributed by atoms with Crippen LogP contribution in [0.3, 0.4) is 0 Å². The minimum atomic E-state index is -0.230. The Hall–Kier alpha value is -1.49. The van der Waals surface area contributed by atoms with Crippen molar-refractivity contribution >= 4 is 23.0 Å². The predicted molar refractivity (Wildman–Crippen MR) is 84.0 cm³/mol. The van der Waals surface area contributed by atoms with Crippen molar-refractivity contribution in [2.45, 2.75) is 39.2 Å². The highest BCUT2D eigenvalue weighted by Gasteiger charge is 2.15. The Bertz CT molecular complexity index is 484. The molecule has 0 aliphatic heterocycles. The second-order valence-corrected chi connectivity index (χ2v) is 5.58. The van der Waals surface area contributed by atoms with Crippen LogP contribution in [0, 0.1) is 11.7 Å². The molecule has 1 aromatic rings. The normalized spacial score (nSPS) is 20.7. The summed E-state index contributed by atoms with van der Waals surface area (Å²) in [6.07, 6.45) is 4.75. The second kappa shape index (κ2) is 7.33. The lowest BCUT2D eigenvalue weighted by atomic mass is 9.89. The summed E-state index contributed by atoms with van der Waals surface area (Å²) in [5, 5.41) is 7.96. The van der Waals surface area contributed by atoms with Crippen LogP contribution < -0.4 is 10.7 Å². The summed E-state index contributed by atoms with van der Waals surface area (Å²) >= 11 is 5.18. The van der Waals surface area contributed by atoms with E-state index < -0.39 is 0 Å². The van der Waals surface area contributed by atoms with E-state index in [1.54, 1.807) is 12.1 Å². The molecule has 0 aromatic heterocycles. The van der Waals surface area contributed by atoms with E-state index in [9.17, 15) is 4.39 Å². The first-order valence-corrected chi connectivity index (χ1v) is 7.40. The van der Waals surface area contributed by atoms with E-state index in [0.29, 0.717) is 17.6 Å². The molecule has 1 atom stereocenters. The SMILES string of the molecule is C[C@@H]1CCCC/C1=N/NC(=S)NCc1ccc(F)cc1. The number of benzene rings is 1. The maximum atomic E-state index is 12.8. The van der Waals surface area contributed by atoms with Crippen molar-refractivity contribution < 1.29 is 4.39 Å². The van der Waals surface area contributed by atoms with Crippen LogP contribution in [-0.4, -0.2) is 10.8 Å². The highest BCUT2D eigenvalue weighted by atomic mass is 32.1. The Morgan fingerprint density at radius 2 is 2.10 bits per heavy atom. The van der Waals surface area contributed by atoms with Crippen LogP contribution in [0.1, 0.15) is 38.2 Å². The van der Waals surface area contributed by atoms with Crippen LogP contribution in [0.5, 0.6) is 0 Å². The van der Waals surface area contributed by atoms with Gasteiger partial charge in [-0.3, -0.25) is 5.43 Å². The van der Waals surface area contributed by atoms with Gasteiger partial charge in [-0.15, -0.1) is 0 Å². The standard InChI is InChI=1S/C15H20FN3S/c1-11-4-2-3-5-14(11)18-19-15(20)17-10-12-6-8-13(16)9-7-12/h6-9,11H,2-5,10H2,1H3,(H2,17,19,20)/b18-14-/t11-/m1/s1. The van der Waals surface area contributed by atoms with Crippen molar-refractivity contribution in [3.63, 3.8) is 0 Å². The third kappa shape index (κ3) is 4.56. The van der Waals surface area contributed by atoms with E-state index in [0.717, 1.165) is 12.0 Å². The summed E-state index contributed by atoms with van der Waals surface area (Å²) in [5.41, 5.74) is 5.08. The fourth-order valence-electron chi connectivity index (χ4n) is 2.28. The number of hydrogen-bond acceptors (Lipinski definition) is 2. The van der Waals surface area contributed by atoms with E-state index in [2.05, 4.69) is 22.8 Å². The average Bonchev–Trinajstić information content (AvgIpc) is 2.46. The van der Waals surface area contributed by atoms with E-state index in [1.807, 2.05) is 0 Å². The molecule has 0 unspecified atom stereocenters. The number of rotatable bonds is 3. The molecular weight excluding hydrogens is 273 g/mol. The lowest BCUT2D eigenvalue weighted by molar-refractivity contribution is 0.555. The summed E-state index contributed by atoms with van der Waals surface area (Å²) in [5.74, 6) is 0.309. The van der Waals surface area contributed by atoms with Crippen LogP contribution in [0.25, 0.3) is 0 Å². The summed E-state index contributed by atoms with van der Waals surface area (Å²) in [7, 11) is 0. The lowest BCUT2D eigenvalue weighted by Crippen LogP contribution is -2.33. The van der Waals surface area contributed by atoms with Gasteiger partial charge in [0.05, 0.1) is 0 Å². The zero-order valence-corrected chi connectivity index (χ0v) is 12.5. The first-order chi connectivity index (χ1) is 9.65. The van der Waals surface area contributed by atoms with Crippen molar-refractivity contribution in [3.05, 3.63) is 35.6 Å². The van der Waals surface area contributed by atoms with E-state index in [1.165, 1.54) is 37.1 Å². The summed E-state index contributed by atoms with van der Waals surface area (Å²) in [6, 6.07) is 6.36. The van der Waals surface area contributed by atoms with Crippen LogP contribution >= 0.6 is 12.2 Å². The van der Waals surface area contributed by atoms with Crippen molar-refractivity contribution in [3.8, 4) is 0 Å². The van der Waals surface area contributed by atoms with Crippen molar-refractivity contribution in [2.24, 2.45) is 11.0 Å². The fraction of sp³-hybridized carbons (Fsp3) is 0.467. The molecule has 0 heterocycles. The summed E-state index contributed by atoms with van der Waals surface area (Å²) in [6.45, 7) is 2.77. The topological polar surface area (TPSA) is 36.4 Å². The van der Waals surface area contributed by atoms with Gasteiger partial charge in [0, 0.05) is 12.3 Å². The van der Waals surface area contributed by atoms with E-state index in [4.69, 9.17) is 12.2 Å². The minimum Gasteiger partial charge on any atom is -0.357 e. The van der Waals surface area contributed by atoms with E-state index >= 15 is 0 Å². The molecule has 1 aliphatic rings. The Labute approximate surface area is 124 Å². The maximum Gasteiger partial charge on any atom is 0.187 e. The van der Waals surface area contributed by atoms with Gasteiger partial charge in [-0.2, -0.15) is 5.10 Å². The molecule has 0 saturated heterocycles. The molecule has 20 heavy (non-hydrogen) atoms. The molecule has 5 heteroatoms. The summed E-state index contributed by atoms with van der Waals surface area (Å²) < 4.78 is 12.8. The molecule has 1 fully saturated rings. The van der Waals surface area contributed by atoms with Crippen LogP contribution in [0.4, 0.5) is 4.39 Å². The number of nitrogens with one attached hydrogen (secondary N) is 2. The number of thiocarbonyl (C=S) groups is 1. The molecule has 1 aromatic carbocycles. The molecule has 0 spiro atoms. The number of hydrogen-bond donors (Lipinski definition) is 2. The first-order valence-electron chi connectivity index (χ1n) is 7.00. The van der Waals surface area contributed by atoms with Gasteiger partial charge in [0.2, 0.25) is 0 Å². The third-order valence-electron chi connectivity index (χ3n) is 3.56. The molecule has 3 nitrogen and oxygen atoms in total. The molecule has 1 aliphatic carbocycles. The van der Waals surface area contributed by atoms with Gasteiger partial charge in [-0.25, -0.2) is 4.39 Å². The van der Waals surface area contributed by atoms with Gasteiger partial charge in [-0.1, -0.05) is 25.5 Å². The molecule has 2 rings (SSSR count). The predicted octanol–water partition coefficient (Wildman–Crippen LogP) is 3.36. The fourth-order valence-corrected chi connectivity index (χ4v) is 2.40. The van der Waals surface area contributed by atoms with Crippen molar-refractivity contribution in [2.75, 3.05) is 0 Å². The first kappa shape index (κ1) is 14.9. The van der Waals surface area contributed by atoms with Gasteiger partial charge in [-0.05, 0) is 55.1 Å². The molecular formula is C15H20FN3S. The van der Waals surface area contributed by atoms with Gasteiger partial charge in [0.25, 0.3) is 0 Å². The number of nitrogens with zero attached hydrogens (tertiary/aromatic N) is 1. The molecule has 2 N–H and O–H groups in total. The van der Waals surface area contributed by atoms with Gasteiger partial charge in [0.1, 0.15) is 5.82 Å². The zero-order chi connectivity index (χ0) is 14.4. The monoisotopic (exact) mass is 293 g/mol. The smallest absolute Gasteiger partial charge is 0.187 e. The zero-order valence-electron chi connectivity index (χ0n) is 11.7. The molecule has 0 amide bonds. The highest BCUT2D eigenvalue weighted by molar-refractivity contribution is 7.80. The highest BCUT2D eigenvalue weighted by Crippen LogP contribution is 2.20. The van der Waals surface area contributed by atoms with Gasteiger partial charge in [0.15, 0.2) is 5.11 Å². The van der Waals surface area contributed by atoms with Gasteiger partial charge < -0.3 is 5.32 Å². The average molecular weight is 293 g/mol. The Kier molecular flexibility index (Phi) is 5.47. The van der Waals surface area contributed by atoms with Crippen LogP contribution in [0.2, 0.25) is 0 Å². The largest absolute Gasteiger partial charge is 0.357 e. The number of halogens is 1. The molecule has 0 radical (unpaired) electrons. The van der Waals surface area contributed by atoms with Crippen LogP contribution in [0.15, 0.2) is 29.4 Å². The number of hydrazone groups is 1. The molecule has 108 valence electrons. The van der Waals surface area contributed by atoms with Gasteiger partial charge >= 0.3 is 0 Å². The third-order valence-corrected chi connectivity index (χ3v) is 3.79. The lowest BCUT2D eigenvalue weighted by Gasteiger charge is -2.20. The Balaban J connectivity index is 1.77. The van der Waals surface area contributed by atoms with Crippen molar-refractivity contribution in [1.29, 1.82) is 0 Å². The Morgan fingerprint density at radius 3 is 2.80 bits per heavy atom. The Morgan fingerprint density at radius 1 is 1.35 bits per heavy atom. The van der Waals surface area contributed by atoms with Crippen LogP contribution in [-0.2, 0) is 6.54 Å². The molecule has 1 saturated carbocycles. The summed E-state index contributed by atoms with van der Waals surface area (Å²) in [4.78, 5) is 0. The molecule has 0 bridgehead atoms. The van der Waals surface area contributed by atoms with Crippen molar-refractivity contribution in [1.82, 2.24) is 10.7 Å². The minimum absolute atomic E-state index is 0.230. The quantitative estimate of drug-likeness (QED) is 0.663. The second-order valence-electron chi connectivity index (χ2n) is 5.17.